The van der Waals surface area contributed by atoms with Crippen LogP contribution in [-0.2, 0) is 12.8 Å². The van der Waals surface area contributed by atoms with E-state index in [0.717, 1.165) is 34.3 Å². The molecule has 0 radical (unpaired) electrons. The highest BCUT2D eigenvalue weighted by atomic mass is 35.5. The number of likely N-dealkylation sites (tertiary alicyclic amines) is 1. The molecule has 8 nitrogen and oxygen atoms in total. The molecule has 4 aromatic rings. The van der Waals surface area contributed by atoms with E-state index in [4.69, 9.17) is 17.3 Å². The van der Waals surface area contributed by atoms with Crippen LogP contribution >= 0.6 is 22.9 Å². The van der Waals surface area contributed by atoms with Crippen LogP contribution < -0.4 is 11.1 Å². The van der Waals surface area contributed by atoms with Gasteiger partial charge in [-0.05, 0) is 104 Å². The second-order valence-corrected chi connectivity index (χ2v) is 10.8. The van der Waals surface area contributed by atoms with Gasteiger partial charge < -0.3 is 16.0 Å². The molecule has 182 valence electrons. The van der Waals surface area contributed by atoms with E-state index in [1.807, 2.05) is 12.3 Å². The van der Waals surface area contributed by atoms with Crippen molar-refractivity contribution in [2.75, 3.05) is 24.1 Å². The van der Waals surface area contributed by atoms with Gasteiger partial charge in [-0.3, -0.25) is 0 Å². The van der Waals surface area contributed by atoms with Crippen molar-refractivity contribution in [3.63, 3.8) is 0 Å². The quantitative estimate of drug-likeness (QED) is 0.361. The first-order chi connectivity index (χ1) is 17.0. The molecule has 2 aliphatic rings. The molecule has 0 spiro atoms. The third kappa shape index (κ3) is 4.48. The smallest absolute Gasteiger partial charge is 0.248 e. The molecule has 0 amide bonds. The van der Waals surface area contributed by atoms with Crippen molar-refractivity contribution in [3.8, 4) is 5.82 Å². The maximum Gasteiger partial charge on any atom is 0.248 e. The summed E-state index contributed by atoms with van der Waals surface area (Å²) in [6, 6.07) is 7.28. The Kier molecular flexibility index (Phi) is 6.07. The number of nitrogen functional groups attached to an aromatic ring is 1. The molecule has 1 aromatic carbocycles. The van der Waals surface area contributed by atoms with Crippen molar-refractivity contribution in [1.82, 2.24) is 29.6 Å². The minimum atomic E-state index is 0.160. The van der Waals surface area contributed by atoms with E-state index in [9.17, 15) is 0 Å². The predicted molar refractivity (Wildman–Crippen MR) is 142 cm³/mol. The molecule has 35 heavy (non-hydrogen) atoms. The summed E-state index contributed by atoms with van der Waals surface area (Å²) in [4.78, 5) is 15.9. The van der Waals surface area contributed by atoms with Crippen molar-refractivity contribution in [2.45, 2.75) is 57.9 Å². The van der Waals surface area contributed by atoms with Crippen LogP contribution in [0.5, 0.6) is 0 Å². The van der Waals surface area contributed by atoms with Crippen LogP contribution in [0.2, 0.25) is 5.28 Å². The summed E-state index contributed by atoms with van der Waals surface area (Å²) in [5.74, 6) is 1.22. The third-order valence-electron chi connectivity index (χ3n) is 7.19. The van der Waals surface area contributed by atoms with E-state index >= 15 is 0 Å². The second kappa shape index (κ2) is 9.37. The lowest BCUT2D eigenvalue weighted by Crippen LogP contribution is -2.35. The molecule has 1 atom stereocenters. The molecular weight excluding hydrogens is 480 g/mol. The largest absolute Gasteiger partial charge is 0.368 e. The molecule has 10 heteroatoms. The number of nitrogens with two attached hydrogens (primary N) is 1. The monoisotopic (exact) mass is 508 g/mol. The fourth-order valence-electron chi connectivity index (χ4n) is 5.40. The Bertz CT molecular complexity index is 1370. The number of nitrogens with zero attached hydrogens (tertiary/aromatic N) is 6. The molecular formula is C25H29ClN8S. The summed E-state index contributed by atoms with van der Waals surface area (Å²) >= 11 is 7.75. The van der Waals surface area contributed by atoms with Gasteiger partial charge in [-0.1, -0.05) is 12.5 Å². The van der Waals surface area contributed by atoms with Crippen molar-refractivity contribution in [2.24, 2.45) is 0 Å². The molecule has 3 aromatic heterocycles. The van der Waals surface area contributed by atoms with Gasteiger partial charge in [0, 0.05) is 11.7 Å². The van der Waals surface area contributed by atoms with E-state index in [2.05, 4.69) is 48.5 Å². The van der Waals surface area contributed by atoms with Crippen molar-refractivity contribution < 1.29 is 0 Å². The Morgan fingerprint density at radius 1 is 1.09 bits per heavy atom. The van der Waals surface area contributed by atoms with Gasteiger partial charge in [0.05, 0.1) is 10.2 Å². The van der Waals surface area contributed by atoms with Gasteiger partial charge in [0.2, 0.25) is 17.2 Å². The zero-order valence-corrected chi connectivity index (χ0v) is 21.4. The lowest BCUT2D eigenvalue weighted by atomic mass is 9.89. The number of thiophene rings is 1. The van der Waals surface area contributed by atoms with Crippen molar-refractivity contribution in [1.29, 1.82) is 0 Å². The van der Waals surface area contributed by atoms with Gasteiger partial charge in [-0.15, -0.1) is 16.4 Å². The highest BCUT2D eigenvalue weighted by molar-refractivity contribution is 7.17. The van der Waals surface area contributed by atoms with Gasteiger partial charge in [-0.2, -0.15) is 14.6 Å². The summed E-state index contributed by atoms with van der Waals surface area (Å²) in [7, 11) is 0. The molecule has 0 bridgehead atoms. The molecule has 1 unspecified atom stereocenters. The average Bonchev–Trinajstić information content (AvgIpc) is 3.56. The summed E-state index contributed by atoms with van der Waals surface area (Å²) in [6.45, 7) is 4.48. The van der Waals surface area contributed by atoms with E-state index in [0.29, 0.717) is 17.8 Å². The maximum atomic E-state index is 6.26. The number of rotatable bonds is 4. The van der Waals surface area contributed by atoms with Gasteiger partial charge >= 0.3 is 0 Å². The highest BCUT2D eigenvalue weighted by Gasteiger charge is 2.24. The standard InChI is InChI=1S/C25H29ClN8S/c1-15-14-35-21-20(15)29-23(26)30-22(21)34-24(27)31-25(32-34)28-18-9-8-16-6-2-3-7-19(13-17(16)12-18)33-10-4-5-11-33/h8-9,12,14,19H,2-7,10-11,13H2,1H3,(H3,27,28,31,32). The lowest BCUT2D eigenvalue weighted by Gasteiger charge is -2.30. The van der Waals surface area contributed by atoms with Gasteiger partial charge in [0.1, 0.15) is 0 Å². The van der Waals surface area contributed by atoms with Crippen molar-refractivity contribution >= 4 is 50.7 Å². The van der Waals surface area contributed by atoms with E-state index < -0.39 is 0 Å². The number of aryl methyl sites for hydroxylation is 2. The van der Waals surface area contributed by atoms with Crippen LogP contribution in [0.4, 0.5) is 17.6 Å². The molecule has 1 aliphatic heterocycles. The minimum Gasteiger partial charge on any atom is -0.368 e. The van der Waals surface area contributed by atoms with E-state index in [-0.39, 0.29) is 11.2 Å². The molecule has 1 fully saturated rings. The van der Waals surface area contributed by atoms with Crippen LogP contribution in [0.1, 0.15) is 48.8 Å². The highest BCUT2D eigenvalue weighted by Crippen LogP contribution is 2.31. The Hall–Kier alpha value is -2.75. The van der Waals surface area contributed by atoms with E-state index in [1.165, 1.54) is 61.0 Å². The normalized spacial score (nSPS) is 19.0. The first-order valence-corrected chi connectivity index (χ1v) is 13.6. The Labute approximate surface area is 213 Å². The fourth-order valence-corrected chi connectivity index (χ4v) is 6.53. The summed E-state index contributed by atoms with van der Waals surface area (Å²) in [5, 5.41) is 10.2. The topological polar surface area (TPSA) is 97.8 Å². The maximum absolute atomic E-state index is 6.26. The minimum absolute atomic E-state index is 0.160. The van der Waals surface area contributed by atoms with Crippen LogP contribution in [0.15, 0.2) is 23.6 Å². The second-order valence-electron chi connectivity index (χ2n) is 9.57. The molecule has 4 heterocycles. The zero-order chi connectivity index (χ0) is 23.9. The number of hydrogen-bond donors (Lipinski definition) is 2. The van der Waals surface area contributed by atoms with Crippen LogP contribution in [0, 0.1) is 6.92 Å². The van der Waals surface area contributed by atoms with Crippen LogP contribution in [0.3, 0.4) is 0 Å². The van der Waals surface area contributed by atoms with Gasteiger partial charge in [0.15, 0.2) is 5.82 Å². The number of benzene rings is 1. The molecule has 1 aliphatic carbocycles. The molecule has 1 saturated heterocycles. The third-order valence-corrected chi connectivity index (χ3v) is 8.44. The van der Waals surface area contributed by atoms with Crippen molar-refractivity contribution in [3.05, 3.63) is 45.6 Å². The molecule has 0 saturated carbocycles. The van der Waals surface area contributed by atoms with Gasteiger partial charge in [0.25, 0.3) is 0 Å². The van der Waals surface area contributed by atoms with E-state index in [1.54, 1.807) is 11.3 Å². The van der Waals surface area contributed by atoms with Crippen LogP contribution in [-0.4, -0.2) is 48.8 Å². The Morgan fingerprint density at radius 3 is 2.80 bits per heavy atom. The number of halogens is 1. The summed E-state index contributed by atoms with van der Waals surface area (Å²) in [6.07, 6.45) is 8.76. The predicted octanol–water partition coefficient (Wildman–Crippen LogP) is 5.29. The number of hydrogen-bond acceptors (Lipinski definition) is 8. The Morgan fingerprint density at radius 2 is 1.94 bits per heavy atom. The summed E-state index contributed by atoms with van der Waals surface area (Å²) in [5.41, 5.74) is 12.0. The number of anilines is 3. The first kappa shape index (κ1) is 22.7. The fraction of sp³-hybridized carbons (Fsp3) is 0.440. The van der Waals surface area contributed by atoms with Crippen LogP contribution in [0.25, 0.3) is 16.0 Å². The molecule has 6 rings (SSSR count). The summed E-state index contributed by atoms with van der Waals surface area (Å²) < 4.78 is 2.41. The number of aromatic nitrogens is 5. The van der Waals surface area contributed by atoms with Gasteiger partial charge in [-0.25, -0.2) is 4.98 Å². The molecule has 3 N–H and O–H groups in total. The number of fused-ring (bicyclic) bond motifs is 2. The SMILES string of the molecule is Cc1csc2c(-n3nc(Nc4ccc5c(c4)CC(N4CCCC4)CCCC5)nc3N)nc(Cl)nc12. The zero-order valence-electron chi connectivity index (χ0n) is 19.8. The first-order valence-electron chi connectivity index (χ1n) is 12.3. The number of nitrogens with one attached hydrogen (secondary N) is 1. The average molecular weight is 509 g/mol. The lowest BCUT2D eigenvalue weighted by molar-refractivity contribution is 0.222. The Balaban J connectivity index is 1.29.